The summed E-state index contributed by atoms with van der Waals surface area (Å²) >= 11 is 0. The van der Waals surface area contributed by atoms with Crippen molar-refractivity contribution in [1.82, 2.24) is 0 Å². The number of aliphatic hydroxyl groups excluding tert-OH is 2. The Balaban J connectivity index is 2.65. The predicted octanol–water partition coefficient (Wildman–Crippen LogP) is 2.50. The molecule has 15 heavy (non-hydrogen) atoms. The highest BCUT2D eigenvalue weighted by molar-refractivity contribution is 5.04. The lowest BCUT2D eigenvalue weighted by Crippen LogP contribution is -2.36. The van der Waals surface area contributed by atoms with E-state index in [1.807, 2.05) is 13.8 Å². The van der Waals surface area contributed by atoms with Gasteiger partial charge >= 0.3 is 0 Å². The van der Waals surface area contributed by atoms with Crippen LogP contribution in [0.1, 0.15) is 46.0 Å². The molecule has 0 aliphatic heterocycles. The van der Waals surface area contributed by atoms with Gasteiger partial charge in [-0.2, -0.15) is 0 Å². The minimum Gasteiger partial charge on any atom is -0.392 e. The van der Waals surface area contributed by atoms with E-state index < -0.39 is 12.2 Å². The maximum absolute atomic E-state index is 10.3. The average Bonchev–Trinajstić information content (AvgIpc) is 2.69. The summed E-state index contributed by atoms with van der Waals surface area (Å²) in [5.74, 6) is 0.228. The smallest absolute Gasteiger partial charge is 0.0658 e. The van der Waals surface area contributed by atoms with E-state index in [-0.39, 0.29) is 5.92 Å². The van der Waals surface area contributed by atoms with Crippen molar-refractivity contribution in [2.24, 2.45) is 11.8 Å². The van der Waals surface area contributed by atoms with Crippen molar-refractivity contribution in [3.05, 3.63) is 12.2 Å². The SMILES string of the molecule is C=C(C)[C@H](C(O)CC)[C@H](O)C1CCCC1. The van der Waals surface area contributed by atoms with Gasteiger partial charge in [0.2, 0.25) is 0 Å². The Morgan fingerprint density at radius 1 is 1.33 bits per heavy atom. The Hall–Kier alpha value is -0.340. The fourth-order valence-electron chi connectivity index (χ4n) is 2.69. The molecule has 2 nitrogen and oxygen atoms in total. The molecule has 1 fully saturated rings. The zero-order valence-corrected chi connectivity index (χ0v) is 9.95. The van der Waals surface area contributed by atoms with Crippen molar-refractivity contribution in [2.45, 2.75) is 58.2 Å². The molecule has 3 atom stereocenters. The van der Waals surface area contributed by atoms with Gasteiger partial charge in [-0.3, -0.25) is 0 Å². The zero-order valence-electron chi connectivity index (χ0n) is 9.95. The highest BCUT2D eigenvalue weighted by atomic mass is 16.3. The average molecular weight is 212 g/mol. The van der Waals surface area contributed by atoms with Gasteiger partial charge in [0, 0.05) is 5.92 Å². The summed E-state index contributed by atoms with van der Waals surface area (Å²) in [4.78, 5) is 0. The van der Waals surface area contributed by atoms with Crippen molar-refractivity contribution in [2.75, 3.05) is 0 Å². The van der Waals surface area contributed by atoms with Gasteiger partial charge in [0.15, 0.2) is 0 Å². The van der Waals surface area contributed by atoms with E-state index >= 15 is 0 Å². The normalized spacial score (nSPS) is 23.7. The zero-order chi connectivity index (χ0) is 11.4. The van der Waals surface area contributed by atoms with E-state index in [0.717, 1.165) is 18.4 Å². The van der Waals surface area contributed by atoms with Crippen LogP contribution in [0.15, 0.2) is 12.2 Å². The first-order chi connectivity index (χ1) is 7.07. The fourth-order valence-corrected chi connectivity index (χ4v) is 2.69. The van der Waals surface area contributed by atoms with Crippen molar-refractivity contribution >= 4 is 0 Å². The molecular weight excluding hydrogens is 188 g/mol. The third kappa shape index (κ3) is 3.05. The first-order valence-corrected chi connectivity index (χ1v) is 6.09. The summed E-state index contributed by atoms with van der Waals surface area (Å²) in [5, 5.41) is 20.2. The maximum atomic E-state index is 10.3. The predicted molar refractivity (Wildman–Crippen MR) is 62.6 cm³/mol. The molecule has 0 aromatic carbocycles. The molecule has 2 N–H and O–H groups in total. The van der Waals surface area contributed by atoms with Crippen LogP contribution in [-0.4, -0.2) is 22.4 Å². The topological polar surface area (TPSA) is 40.5 Å². The van der Waals surface area contributed by atoms with E-state index in [1.165, 1.54) is 12.8 Å². The van der Waals surface area contributed by atoms with Crippen molar-refractivity contribution in [3.63, 3.8) is 0 Å². The maximum Gasteiger partial charge on any atom is 0.0658 e. The third-order valence-corrected chi connectivity index (χ3v) is 3.65. The quantitative estimate of drug-likeness (QED) is 0.687. The first kappa shape index (κ1) is 12.7. The van der Waals surface area contributed by atoms with Gasteiger partial charge < -0.3 is 10.2 Å². The molecule has 1 rings (SSSR count). The molecule has 0 amide bonds. The molecule has 0 saturated heterocycles. The number of hydrogen-bond acceptors (Lipinski definition) is 2. The highest BCUT2D eigenvalue weighted by Gasteiger charge is 2.33. The second-order valence-corrected chi connectivity index (χ2v) is 4.88. The Morgan fingerprint density at radius 3 is 2.27 bits per heavy atom. The number of rotatable bonds is 5. The summed E-state index contributed by atoms with van der Waals surface area (Å²) in [6.45, 7) is 7.75. The van der Waals surface area contributed by atoms with Crippen LogP contribution < -0.4 is 0 Å². The van der Waals surface area contributed by atoms with Crippen LogP contribution in [0.25, 0.3) is 0 Å². The summed E-state index contributed by atoms with van der Waals surface area (Å²) < 4.78 is 0. The van der Waals surface area contributed by atoms with Gasteiger partial charge in [0.05, 0.1) is 12.2 Å². The van der Waals surface area contributed by atoms with Gasteiger partial charge in [-0.15, -0.1) is 0 Å². The Morgan fingerprint density at radius 2 is 1.87 bits per heavy atom. The molecule has 0 radical (unpaired) electrons. The van der Waals surface area contributed by atoms with Crippen molar-refractivity contribution in [1.29, 1.82) is 0 Å². The molecule has 1 saturated carbocycles. The van der Waals surface area contributed by atoms with Crippen LogP contribution in [0, 0.1) is 11.8 Å². The van der Waals surface area contributed by atoms with Crippen LogP contribution in [0.3, 0.4) is 0 Å². The van der Waals surface area contributed by atoms with Crippen molar-refractivity contribution < 1.29 is 10.2 Å². The second-order valence-electron chi connectivity index (χ2n) is 4.88. The highest BCUT2D eigenvalue weighted by Crippen LogP contribution is 2.34. The van der Waals surface area contributed by atoms with Crippen LogP contribution in [-0.2, 0) is 0 Å². The molecule has 2 heteroatoms. The lowest BCUT2D eigenvalue weighted by molar-refractivity contribution is -0.00141. The van der Waals surface area contributed by atoms with Crippen LogP contribution in [0.4, 0.5) is 0 Å². The van der Waals surface area contributed by atoms with Crippen molar-refractivity contribution in [3.8, 4) is 0 Å². The molecule has 0 heterocycles. The largest absolute Gasteiger partial charge is 0.392 e. The van der Waals surface area contributed by atoms with Gasteiger partial charge in [-0.05, 0) is 32.1 Å². The molecule has 0 spiro atoms. The Bertz CT molecular complexity index is 207. The van der Waals surface area contributed by atoms with Gasteiger partial charge in [-0.1, -0.05) is 31.9 Å². The van der Waals surface area contributed by atoms with Crippen LogP contribution >= 0.6 is 0 Å². The molecule has 0 aromatic heterocycles. The minimum atomic E-state index is -0.446. The van der Waals surface area contributed by atoms with E-state index in [2.05, 4.69) is 6.58 Å². The molecule has 1 aliphatic rings. The lowest BCUT2D eigenvalue weighted by Gasteiger charge is -2.31. The standard InChI is InChI=1S/C13H24O2/c1-4-11(14)12(9(2)3)13(15)10-7-5-6-8-10/h10-15H,2,4-8H2,1,3H3/t11?,12-,13-/m1/s1. The molecule has 0 bridgehead atoms. The summed E-state index contributed by atoms with van der Waals surface area (Å²) in [6.07, 6.45) is 4.46. The monoisotopic (exact) mass is 212 g/mol. The van der Waals surface area contributed by atoms with Crippen LogP contribution in [0.2, 0.25) is 0 Å². The third-order valence-electron chi connectivity index (χ3n) is 3.65. The van der Waals surface area contributed by atoms with E-state index in [9.17, 15) is 10.2 Å². The molecule has 0 aromatic rings. The first-order valence-electron chi connectivity index (χ1n) is 6.09. The second kappa shape index (κ2) is 5.66. The van der Waals surface area contributed by atoms with Gasteiger partial charge in [0.25, 0.3) is 0 Å². The summed E-state index contributed by atoms with van der Waals surface area (Å²) in [5.41, 5.74) is 0.906. The molecule has 88 valence electrons. The molecule has 1 unspecified atom stereocenters. The lowest BCUT2D eigenvalue weighted by atomic mass is 9.81. The minimum absolute atomic E-state index is 0.141. The van der Waals surface area contributed by atoms with Gasteiger partial charge in [0.1, 0.15) is 0 Å². The van der Waals surface area contributed by atoms with Crippen LogP contribution in [0.5, 0.6) is 0 Å². The Labute approximate surface area is 93.0 Å². The molecular formula is C13H24O2. The fraction of sp³-hybridized carbons (Fsp3) is 0.846. The Kier molecular flexibility index (Phi) is 4.81. The summed E-state index contributed by atoms with van der Waals surface area (Å²) in [6, 6.07) is 0. The van der Waals surface area contributed by atoms with E-state index in [1.54, 1.807) is 0 Å². The number of hydrogen-bond donors (Lipinski definition) is 2. The number of aliphatic hydroxyl groups is 2. The molecule has 1 aliphatic carbocycles. The van der Waals surface area contributed by atoms with E-state index in [0.29, 0.717) is 12.3 Å². The van der Waals surface area contributed by atoms with Gasteiger partial charge in [-0.25, -0.2) is 0 Å². The van der Waals surface area contributed by atoms with E-state index in [4.69, 9.17) is 0 Å². The summed E-state index contributed by atoms with van der Waals surface area (Å²) in [7, 11) is 0.